The first-order valence-electron chi connectivity index (χ1n) is 9.04. The molecule has 0 saturated carbocycles. The Morgan fingerprint density at radius 3 is 2.56 bits per heavy atom. The van der Waals surface area contributed by atoms with Gasteiger partial charge in [0.05, 0.1) is 6.61 Å². The van der Waals surface area contributed by atoms with Crippen LogP contribution in [-0.2, 0) is 0 Å². The van der Waals surface area contributed by atoms with Gasteiger partial charge in [0.25, 0.3) is 5.91 Å². The SMILES string of the molecule is CCCCCCOc1ccc(C(=O)Nc2nnc(-c3ccncc3)s2)cc1. The predicted octanol–water partition coefficient (Wildman–Crippen LogP) is 4.81. The number of pyridine rings is 1. The molecule has 0 radical (unpaired) electrons. The third kappa shape index (κ3) is 5.59. The van der Waals surface area contributed by atoms with E-state index in [0.29, 0.717) is 17.3 Å². The standard InChI is InChI=1S/C20H22N4O2S/c1-2-3-4-5-14-26-17-8-6-15(7-9-17)18(25)22-20-24-23-19(27-20)16-10-12-21-13-11-16/h6-13H,2-5,14H2,1H3,(H,22,24,25). The van der Waals surface area contributed by atoms with E-state index in [2.05, 4.69) is 27.4 Å². The minimum Gasteiger partial charge on any atom is -0.494 e. The molecule has 2 heterocycles. The van der Waals surface area contributed by atoms with Gasteiger partial charge in [0.1, 0.15) is 10.8 Å². The van der Waals surface area contributed by atoms with Crippen LogP contribution in [-0.4, -0.2) is 27.7 Å². The largest absolute Gasteiger partial charge is 0.494 e. The third-order valence-electron chi connectivity index (χ3n) is 3.96. The zero-order valence-corrected chi connectivity index (χ0v) is 16.0. The first-order chi connectivity index (χ1) is 13.3. The van der Waals surface area contributed by atoms with Gasteiger partial charge < -0.3 is 4.74 Å². The van der Waals surface area contributed by atoms with Gasteiger partial charge in [-0.05, 0) is 42.8 Å². The van der Waals surface area contributed by atoms with Crippen LogP contribution in [0.5, 0.6) is 5.75 Å². The molecule has 0 fully saturated rings. The fourth-order valence-electron chi connectivity index (χ4n) is 2.48. The Labute approximate surface area is 162 Å². The highest BCUT2D eigenvalue weighted by Crippen LogP contribution is 2.26. The molecule has 1 aromatic carbocycles. The minimum absolute atomic E-state index is 0.220. The van der Waals surface area contributed by atoms with Crippen molar-refractivity contribution in [3.63, 3.8) is 0 Å². The lowest BCUT2D eigenvalue weighted by atomic mass is 10.2. The van der Waals surface area contributed by atoms with Crippen molar-refractivity contribution >= 4 is 22.4 Å². The number of carbonyl (C=O) groups excluding carboxylic acids is 1. The number of nitrogens with zero attached hydrogens (tertiary/aromatic N) is 3. The summed E-state index contributed by atoms with van der Waals surface area (Å²) < 4.78 is 5.70. The van der Waals surface area contributed by atoms with Gasteiger partial charge in [-0.15, -0.1) is 10.2 Å². The summed E-state index contributed by atoms with van der Waals surface area (Å²) in [6.45, 7) is 2.89. The Morgan fingerprint density at radius 2 is 1.81 bits per heavy atom. The molecule has 0 aliphatic carbocycles. The van der Waals surface area contributed by atoms with Gasteiger partial charge in [0, 0.05) is 23.5 Å². The van der Waals surface area contributed by atoms with Crippen LogP contribution < -0.4 is 10.1 Å². The summed E-state index contributed by atoms with van der Waals surface area (Å²) >= 11 is 1.32. The molecular weight excluding hydrogens is 360 g/mol. The maximum absolute atomic E-state index is 12.4. The van der Waals surface area contributed by atoms with E-state index < -0.39 is 0 Å². The highest BCUT2D eigenvalue weighted by molar-refractivity contribution is 7.18. The van der Waals surface area contributed by atoms with Crippen molar-refractivity contribution in [2.45, 2.75) is 32.6 Å². The molecule has 0 spiro atoms. The summed E-state index contributed by atoms with van der Waals surface area (Å²) in [5.41, 5.74) is 1.47. The molecular formula is C20H22N4O2S. The van der Waals surface area contributed by atoms with Crippen LogP contribution in [0.4, 0.5) is 5.13 Å². The van der Waals surface area contributed by atoms with Crippen molar-refractivity contribution in [2.24, 2.45) is 0 Å². The number of unbranched alkanes of at least 4 members (excludes halogenated alkanes) is 3. The van der Waals surface area contributed by atoms with E-state index in [1.54, 1.807) is 24.5 Å². The van der Waals surface area contributed by atoms with Crippen molar-refractivity contribution in [2.75, 3.05) is 11.9 Å². The van der Waals surface area contributed by atoms with E-state index in [4.69, 9.17) is 4.74 Å². The quantitative estimate of drug-likeness (QED) is 0.537. The molecule has 2 aromatic heterocycles. The van der Waals surface area contributed by atoms with Crippen molar-refractivity contribution in [3.8, 4) is 16.3 Å². The first kappa shape index (κ1) is 19.0. The molecule has 140 valence electrons. The van der Waals surface area contributed by atoms with E-state index in [-0.39, 0.29) is 5.91 Å². The lowest BCUT2D eigenvalue weighted by molar-refractivity contribution is 0.102. The van der Waals surface area contributed by atoms with Crippen molar-refractivity contribution in [1.29, 1.82) is 0 Å². The van der Waals surface area contributed by atoms with Crippen LogP contribution in [0.3, 0.4) is 0 Å². The maximum atomic E-state index is 12.4. The van der Waals surface area contributed by atoms with Crippen LogP contribution in [0.1, 0.15) is 43.0 Å². The van der Waals surface area contributed by atoms with E-state index in [1.807, 2.05) is 24.3 Å². The number of nitrogens with one attached hydrogen (secondary N) is 1. The third-order valence-corrected chi connectivity index (χ3v) is 4.84. The van der Waals surface area contributed by atoms with Gasteiger partial charge in [-0.1, -0.05) is 37.5 Å². The number of carbonyl (C=O) groups is 1. The number of amides is 1. The molecule has 6 nitrogen and oxygen atoms in total. The van der Waals surface area contributed by atoms with Crippen molar-refractivity contribution in [1.82, 2.24) is 15.2 Å². The summed E-state index contributed by atoms with van der Waals surface area (Å²) in [5.74, 6) is 0.556. The second kappa shape index (κ2) is 9.78. The molecule has 27 heavy (non-hydrogen) atoms. The van der Waals surface area contributed by atoms with Crippen LogP contribution in [0.15, 0.2) is 48.8 Å². The first-order valence-corrected chi connectivity index (χ1v) is 9.86. The molecule has 0 aliphatic rings. The minimum atomic E-state index is -0.220. The Kier molecular flexibility index (Phi) is 6.87. The number of hydrogen-bond donors (Lipinski definition) is 1. The number of hydrogen-bond acceptors (Lipinski definition) is 6. The average Bonchev–Trinajstić information content (AvgIpc) is 3.17. The van der Waals surface area contributed by atoms with Gasteiger partial charge in [0.15, 0.2) is 0 Å². The molecule has 0 aliphatic heterocycles. The van der Waals surface area contributed by atoms with Crippen LogP contribution in [0, 0.1) is 0 Å². The fraction of sp³-hybridized carbons (Fsp3) is 0.300. The summed E-state index contributed by atoms with van der Waals surface area (Å²) in [7, 11) is 0. The summed E-state index contributed by atoms with van der Waals surface area (Å²) in [5, 5.41) is 12.1. The van der Waals surface area contributed by atoms with Gasteiger partial charge in [-0.3, -0.25) is 15.1 Å². The normalized spacial score (nSPS) is 10.6. The number of aromatic nitrogens is 3. The van der Waals surface area contributed by atoms with Crippen molar-refractivity contribution in [3.05, 3.63) is 54.4 Å². The highest BCUT2D eigenvalue weighted by atomic mass is 32.1. The summed E-state index contributed by atoms with van der Waals surface area (Å²) in [6.07, 6.45) is 8.07. The maximum Gasteiger partial charge on any atom is 0.257 e. The van der Waals surface area contributed by atoms with Crippen molar-refractivity contribution < 1.29 is 9.53 Å². The van der Waals surface area contributed by atoms with E-state index in [9.17, 15) is 4.79 Å². The molecule has 0 atom stereocenters. The van der Waals surface area contributed by atoms with E-state index in [1.165, 1.54) is 30.6 Å². The predicted molar refractivity (Wildman–Crippen MR) is 107 cm³/mol. The molecule has 3 rings (SSSR count). The smallest absolute Gasteiger partial charge is 0.257 e. The van der Waals surface area contributed by atoms with E-state index >= 15 is 0 Å². The topological polar surface area (TPSA) is 77.0 Å². The molecule has 3 aromatic rings. The Morgan fingerprint density at radius 1 is 1.04 bits per heavy atom. The summed E-state index contributed by atoms with van der Waals surface area (Å²) in [6, 6.07) is 10.8. The average molecular weight is 382 g/mol. The van der Waals surface area contributed by atoms with Crippen LogP contribution in [0.2, 0.25) is 0 Å². The van der Waals surface area contributed by atoms with Gasteiger partial charge in [-0.2, -0.15) is 0 Å². The van der Waals surface area contributed by atoms with Crippen LogP contribution in [0.25, 0.3) is 10.6 Å². The molecule has 0 saturated heterocycles. The molecule has 1 amide bonds. The zero-order valence-electron chi connectivity index (χ0n) is 15.2. The molecule has 0 unspecified atom stereocenters. The molecule has 1 N–H and O–H groups in total. The monoisotopic (exact) mass is 382 g/mol. The number of benzene rings is 1. The lowest BCUT2D eigenvalue weighted by Gasteiger charge is -2.07. The van der Waals surface area contributed by atoms with E-state index in [0.717, 1.165) is 22.7 Å². The van der Waals surface area contributed by atoms with Gasteiger partial charge in [0.2, 0.25) is 5.13 Å². The number of rotatable bonds is 9. The second-order valence-electron chi connectivity index (χ2n) is 6.04. The van der Waals surface area contributed by atoms with Crippen LogP contribution >= 0.6 is 11.3 Å². The molecule has 7 heteroatoms. The fourth-order valence-corrected chi connectivity index (χ4v) is 3.22. The number of anilines is 1. The van der Waals surface area contributed by atoms with Gasteiger partial charge in [-0.25, -0.2) is 0 Å². The zero-order chi connectivity index (χ0) is 18.9. The number of ether oxygens (including phenoxy) is 1. The van der Waals surface area contributed by atoms with Gasteiger partial charge >= 0.3 is 0 Å². The summed E-state index contributed by atoms with van der Waals surface area (Å²) in [4.78, 5) is 16.4. The Bertz CT molecular complexity index is 850. The highest BCUT2D eigenvalue weighted by Gasteiger charge is 2.11. The second-order valence-corrected chi connectivity index (χ2v) is 7.01. The Hall–Kier alpha value is -2.80. The lowest BCUT2D eigenvalue weighted by Crippen LogP contribution is -2.11. The Balaban J connectivity index is 1.53. The molecule has 0 bridgehead atoms.